The third-order valence-corrected chi connectivity index (χ3v) is 5.81. The predicted molar refractivity (Wildman–Crippen MR) is 98.7 cm³/mol. The fraction of sp³-hybridized carbons (Fsp3) is 0.550. The van der Waals surface area contributed by atoms with Gasteiger partial charge in [0.05, 0.1) is 6.04 Å². The molecule has 0 saturated carbocycles. The van der Waals surface area contributed by atoms with Gasteiger partial charge in [-0.25, -0.2) is 4.79 Å². The molecule has 5 nitrogen and oxygen atoms in total. The number of nitrogens with zero attached hydrogens (tertiary/aromatic N) is 1. The van der Waals surface area contributed by atoms with Crippen LogP contribution >= 0.6 is 0 Å². The molecule has 0 radical (unpaired) electrons. The number of carbonyl (C=O) groups is 1. The number of amides is 1. The maximum atomic E-state index is 12.6. The quantitative estimate of drug-likeness (QED) is 0.895. The Morgan fingerprint density at radius 1 is 1.28 bits per heavy atom. The van der Waals surface area contributed by atoms with E-state index in [0.29, 0.717) is 0 Å². The number of carbonyl (C=O) groups excluding carboxylic acids is 1. The molecular formula is C20H27N3O2. The standard InChI is InChI=1S/C20H27N3O2/c1-14(2)23-18(20(25-19(23)24)9-11-21-12-10-20)8-7-15-13-22-17-6-4-3-5-16(15)17/h3-6,13-14,18,21-22H,7-12H2,1-2H3. The van der Waals surface area contributed by atoms with Gasteiger partial charge in [0.25, 0.3) is 0 Å². The summed E-state index contributed by atoms with van der Waals surface area (Å²) in [4.78, 5) is 17.9. The highest BCUT2D eigenvalue weighted by molar-refractivity contribution is 5.83. The molecule has 2 aliphatic rings. The van der Waals surface area contributed by atoms with Gasteiger partial charge in [0, 0.05) is 36.0 Å². The van der Waals surface area contributed by atoms with Gasteiger partial charge in [0.2, 0.25) is 0 Å². The van der Waals surface area contributed by atoms with Crippen LogP contribution in [0.25, 0.3) is 10.9 Å². The Bertz CT molecular complexity index is 761. The molecule has 1 aromatic carbocycles. The zero-order chi connectivity index (χ0) is 17.4. The predicted octanol–water partition coefficient (Wildman–Crippen LogP) is 3.45. The molecule has 5 heteroatoms. The molecule has 2 N–H and O–H groups in total. The normalized spacial score (nSPS) is 22.9. The minimum atomic E-state index is -0.321. The number of piperidine rings is 1. The first kappa shape index (κ1) is 16.5. The molecule has 1 spiro atoms. The van der Waals surface area contributed by atoms with E-state index in [9.17, 15) is 4.79 Å². The molecule has 0 bridgehead atoms. The summed E-state index contributed by atoms with van der Waals surface area (Å²) < 4.78 is 5.97. The van der Waals surface area contributed by atoms with Crippen LogP contribution in [0.3, 0.4) is 0 Å². The summed E-state index contributed by atoms with van der Waals surface area (Å²) in [5, 5.41) is 4.68. The summed E-state index contributed by atoms with van der Waals surface area (Å²) in [6, 6.07) is 8.71. The van der Waals surface area contributed by atoms with Crippen molar-refractivity contribution in [2.75, 3.05) is 13.1 Å². The Morgan fingerprint density at radius 3 is 2.80 bits per heavy atom. The fourth-order valence-corrected chi connectivity index (χ4v) is 4.56. The number of benzene rings is 1. The van der Waals surface area contributed by atoms with Crippen LogP contribution in [0.4, 0.5) is 4.79 Å². The van der Waals surface area contributed by atoms with Crippen molar-refractivity contribution in [3.05, 3.63) is 36.0 Å². The van der Waals surface area contributed by atoms with Gasteiger partial charge < -0.3 is 15.0 Å². The number of aromatic nitrogens is 1. The lowest BCUT2D eigenvalue weighted by Crippen LogP contribution is -2.53. The topological polar surface area (TPSA) is 57.4 Å². The largest absolute Gasteiger partial charge is 0.440 e. The van der Waals surface area contributed by atoms with Crippen molar-refractivity contribution in [1.29, 1.82) is 0 Å². The molecule has 2 fully saturated rings. The highest BCUT2D eigenvalue weighted by Crippen LogP contribution is 2.40. The van der Waals surface area contributed by atoms with E-state index in [1.165, 1.54) is 16.5 Å². The molecule has 1 amide bonds. The first-order valence-electron chi connectivity index (χ1n) is 9.38. The minimum Gasteiger partial charge on any atom is -0.440 e. The third kappa shape index (κ3) is 2.80. The Kier molecular flexibility index (Phi) is 4.20. The van der Waals surface area contributed by atoms with E-state index < -0.39 is 0 Å². The number of H-pyrrole nitrogens is 1. The summed E-state index contributed by atoms with van der Waals surface area (Å²) in [7, 11) is 0. The number of ether oxygens (including phenoxy) is 1. The van der Waals surface area contributed by atoms with Gasteiger partial charge in [0.1, 0.15) is 5.60 Å². The molecule has 2 saturated heterocycles. The molecule has 25 heavy (non-hydrogen) atoms. The highest BCUT2D eigenvalue weighted by Gasteiger charge is 2.54. The van der Waals surface area contributed by atoms with Crippen LogP contribution in [0, 0.1) is 0 Å². The second-order valence-corrected chi connectivity index (χ2v) is 7.60. The molecule has 3 heterocycles. The van der Waals surface area contributed by atoms with E-state index in [2.05, 4.69) is 54.6 Å². The molecule has 4 rings (SSSR count). The van der Waals surface area contributed by atoms with Gasteiger partial charge in [-0.05, 0) is 51.4 Å². The van der Waals surface area contributed by atoms with Gasteiger partial charge in [0.15, 0.2) is 0 Å². The van der Waals surface area contributed by atoms with E-state index in [0.717, 1.165) is 38.8 Å². The SMILES string of the molecule is CC(C)N1C(=O)OC2(CCNCC2)C1CCc1c[nH]c2ccccc12. The Morgan fingerprint density at radius 2 is 2.04 bits per heavy atom. The summed E-state index contributed by atoms with van der Waals surface area (Å²) in [5.74, 6) is 0. The zero-order valence-electron chi connectivity index (χ0n) is 15.0. The Hall–Kier alpha value is -2.01. The minimum absolute atomic E-state index is 0.138. The van der Waals surface area contributed by atoms with Crippen LogP contribution in [0.2, 0.25) is 0 Å². The Balaban J connectivity index is 1.59. The first-order valence-corrected chi connectivity index (χ1v) is 9.38. The van der Waals surface area contributed by atoms with Gasteiger partial charge in [-0.3, -0.25) is 4.90 Å². The molecule has 2 aliphatic heterocycles. The number of nitrogens with one attached hydrogen (secondary N) is 2. The summed E-state index contributed by atoms with van der Waals surface area (Å²) in [6.07, 6.45) is 5.66. The monoisotopic (exact) mass is 341 g/mol. The average molecular weight is 341 g/mol. The Labute approximate surface area is 148 Å². The lowest BCUT2D eigenvalue weighted by Gasteiger charge is -2.39. The summed E-state index contributed by atoms with van der Waals surface area (Å²) >= 11 is 0. The number of hydrogen-bond donors (Lipinski definition) is 2. The number of aromatic amines is 1. The molecule has 134 valence electrons. The van der Waals surface area contributed by atoms with Crippen molar-refractivity contribution < 1.29 is 9.53 Å². The van der Waals surface area contributed by atoms with E-state index in [1.807, 2.05) is 4.90 Å². The van der Waals surface area contributed by atoms with Crippen LogP contribution in [0.5, 0.6) is 0 Å². The zero-order valence-corrected chi connectivity index (χ0v) is 15.0. The van der Waals surface area contributed by atoms with Crippen LogP contribution in [0.1, 0.15) is 38.7 Å². The summed E-state index contributed by atoms with van der Waals surface area (Å²) in [5.41, 5.74) is 2.18. The maximum Gasteiger partial charge on any atom is 0.411 e. The van der Waals surface area contributed by atoms with Crippen LogP contribution in [-0.2, 0) is 11.2 Å². The van der Waals surface area contributed by atoms with Gasteiger partial charge in [-0.1, -0.05) is 18.2 Å². The van der Waals surface area contributed by atoms with Gasteiger partial charge in [-0.15, -0.1) is 0 Å². The van der Waals surface area contributed by atoms with Gasteiger partial charge >= 0.3 is 6.09 Å². The number of hydrogen-bond acceptors (Lipinski definition) is 3. The lowest BCUT2D eigenvalue weighted by atomic mass is 9.81. The second kappa shape index (κ2) is 6.37. The van der Waals surface area contributed by atoms with Crippen LogP contribution in [-0.4, -0.2) is 46.8 Å². The highest BCUT2D eigenvalue weighted by atomic mass is 16.6. The van der Waals surface area contributed by atoms with Gasteiger partial charge in [-0.2, -0.15) is 0 Å². The molecule has 1 unspecified atom stereocenters. The lowest BCUT2D eigenvalue weighted by molar-refractivity contribution is 0.00447. The average Bonchev–Trinajstić information content (AvgIpc) is 3.12. The van der Waals surface area contributed by atoms with Crippen LogP contribution < -0.4 is 5.32 Å². The fourth-order valence-electron chi connectivity index (χ4n) is 4.56. The summed E-state index contributed by atoms with van der Waals surface area (Å²) in [6.45, 7) is 6.01. The van der Waals surface area contributed by atoms with E-state index in [-0.39, 0.29) is 23.8 Å². The first-order chi connectivity index (χ1) is 12.1. The molecule has 2 aromatic rings. The van der Waals surface area contributed by atoms with E-state index in [1.54, 1.807) is 0 Å². The van der Waals surface area contributed by atoms with Crippen molar-refractivity contribution in [2.24, 2.45) is 0 Å². The molecule has 0 aliphatic carbocycles. The molecular weight excluding hydrogens is 314 g/mol. The number of para-hydroxylation sites is 1. The maximum absolute atomic E-state index is 12.6. The number of fused-ring (bicyclic) bond motifs is 1. The molecule has 1 atom stereocenters. The van der Waals surface area contributed by atoms with Crippen molar-refractivity contribution in [3.63, 3.8) is 0 Å². The van der Waals surface area contributed by atoms with E-state index in [4.69, 9.17) is 4.74 Å². The molecule has 1 aromatic heterocycles. The van der Waals surface area contributed by atoms with E-state index >= 15 is 0 Å². The number of rotatable bonds is 4. The van der Waals surface area contributed by atoms with Crippen molar-refractivity contribution in [3.8, 4) is 0 Å². The smallest absolute Gasteiger partial charge is 0.411 e. The number of aryl methyl sites for hydroxylation is 1. The third-order valence-electron chi connectivity index (χ3n) is 5.81. The van der Waals surface area contributed by atoms with Crippen molar-refractivity contribution in [1.82, 2.24) is 15.2 Å². The second-order valence-electron chi connectivity index (χ2n) is 7.60. The van der Waals surface area contributed by atoms with Crippen LogP contribution in [0.15, 0.2) is 30.5 Å². The van der Waals surface area contributed by atoms with Crippen molar-refractivity contribution >= 4 is 17.0 Å². The van der Waals surface area contributed by atoms with Crippen molar-refractivity contribution in [2.45, 2.75) is 57.2 Å².